The van der Waals surface area contributed by atoms with Gasteiger partial charge in [0.2, 0.25) is 0 Å². The number of nitrogens with one attached hydrogen (secondary N) is 1. The average Bonchev–Trinajstić information content (AvgIpc) is 2.50. The molecule has 2 rings (SSSR count). The van der Waals surface area contributed by atoms with Crippen LogP contribution in [0, 0.1) is 0 Å². The second kappa shape index (κ2) is 8.50. The summed E-state index contributed by atoms with van der Waals surface area (Å²) >= 11 is 5.38. The Hall–Kier alpha value is -0.770. The molecule has 1 nitrogen and oxygen atoms in total. The van der Waals surface area contributed by atoms with E-state index in [1.165, 1.54) is 16.9 Å². The predicted molar refractivity (Wildman–Crippen MR) is 92.5 cm³/mol. The van der Waals surface area contributed by atoms with E-state index in [9.17, 15) is 0 Å². The Morgan fingerprint density at radius 1 is 1.05 bits per heavy atom. The first kappa shape index (κ1) is 15.6. The maximum atomic E-state index is 3.47. The van der Waals surface area contributed by atoms with Gasteiger partial charge in [-0.25, -0.2) is 0 Å². The summed E-state index contributed by atoms with van der Waals surface area (Å²) in [4.78, 5) is 1.33. The van der Waals surface area contributed by atoms with Crippen molar-refractivity contribution in [2.45, 2.75) is 23.8 Å². The molecule has 0 heterocycles. The van der Waals surface area contributed by atoms with Crippen LogP contribution in [0.2, 0.25) is 0 Å². The summed E-state index contributed by atoms with van der Waals surface area (Å²) in [5.74, 6) is 1.10. The summed E-state index contributed by atoms with van der Waals surface area (Å²) in [6.07, 6.45) is 2.30. The summed E-state index contributed by atoms with van der Waals surface area (Å²) in [5.41, 5.74) is 1.42. The predicted octanol–water partition coefficient (Wildman–Crippen LogP) is 4.76. The number of thioether (sulfide) groups is 1. The van der Waals surface area contributed by atoms with Gasteiger partial charge in [0.1, 0.15) is 0 Å². The first-order valence-electron chi connectivity index (χ1n) is 6.87. The Bertz CT molecular complexity index is 498. The molecule has 3 heteroatoms. The van der Waals surface area contributed by atoms with E-state index in [0.717, 1.165) is 16.6 Å². The van der Waals surface area contributed by atoms with E-state index in [-0.39, 0.29) is 0 Å². The maximum Gasteiger partial charge on any atom is 0.0176 e. The van der Waals surface area contributed by atoms with Crippen LogP contribution in [0.5, 0.6) is 0 Å². The molecule has 1 unspecified atom stereocenters. The van der Waals surface area contributed by atoms with Gasteiger partial charge in [-0.05, 0) is 49.7 Å². The molecule has 2 aromatic carbocycles. The van der Waals surface area contributed by atoms with Gasteiger partial charge in [-0.3, -0.25) is 0 Å². The molecule has 1 N–H and O–H groups in total. The molecule has 0 radical (unpaired) electrons. The standard InChI is InChI=1S/C17H20BrNS/c1-19-16(10-7-14-5-3-2-4-6-14)13-20-17-11-8-15(18)9-12-17/h2-6,8-9,11-12,16,19H,7,10,13H2,1H3. The van der Waals surface area contributed by atoms with Crippen LogP contribution < -0.4 is 5.32 Å². The minimum Gasteiger partial charge on any atom is -0.316 e. The van der Waals surface area contributed by atoms with E-state index < -0.39 is 0 Å². The molecule has 0 aliphatic rings. The highest BCUT2D eigenvalue weighted by atomic mass is 79.9. The highest BCUT2D eigenvalue weighted by Crippen LogP contribution is 2.22. The van der Waals surface area contributed by atoms with Gasteiger partial charge in [0.25, 0.3) is 0 Å². The fraction of sp³-hybridized carbons (Fsp3) is 0.294. The highest BCUT2D eigenvalue weighted by Gasteiger charge is 2.07. The fourth-order valence-corrected chi connectivity index (χ4v) is 3.34. The third-order valence-electron chi connectivity index (χ3n) is 3.30. The zero-order chi connectivity index (χ0) is 14.2. The van der Waals surface area contributed by atoms with E-state index in [1.807, 2.05) is 11.8 Å². The normalized spacial score (nSPS) is 12.3. The molecule has 0 aromatic heterocycles. The molecule has 0 fully saturated rings. The van der Waals surface area contributed by atoms with Crippen LogP contribution in [0.25, 0.3) is 0 Å². The summed E-state index contributed by atoms with van der Waals surface area (Å²) in [7, 11) is 2.05. The van der Waals surface area contributed by atoms with Crippen molar-refractivity contribution in [2.75, 3.05) is 12.8 Å². The van der Waals surface area contributed by atoms with Crippen molar-refractivity contribution in [3.8, 4) is 0 Å². The lowest BCUT2D eigenvalue weighted by atomic mass is 10.1. The van der Waals surface area contributed by atoms with Crippen LogP contribution >= 0.6 is 27.7 Å². The first-order chi connectivity index (χ1) is 9.78. The van der Waals surface area contributed by atoms with Crippen molar-refractivity contribution in [1.82, 2.24) is 5.32 Å². The van der Waals surface area contributed by atoms with E-state index in [2.05, 4.69) is 82.9 Å². The van der Waals surface area contributed by atoms with Crippen molar-refractivity contribution < 1.29 is 0 Å². The molecular weight excluding hydrogens is 330 g/mol. The lowest BCUT2D eigenvalue weighted by Gasteiger charge is -2.15. The van der Waals surface area contributed by atoms with Crippen LogP contribution in [0.15, 0.2) is 64.0 Å². The molecule has 0 aliphatic carbocycles. The monoisotopic (exact) mass is 349 g/mol. The lowest BCUT2D eigenvalue weighted by molar-refractivity contribution is 0.573. The van der Waals surface area contributed by atoms with Crippen LogP contribution in [-0.2, 0) is 6.42 Å². The lowest BCUT2D eigenvalue weighted by Crippen LogP contribution is -2.28. The number of halogens is 1. The van der Waals surface area contributed by atoms with Crippen LogP contribution in [0.3, 0.4) is 0 Å². The number of aryl methyl sites for hydroxylation is 1. The van der Waals surface area contributed by atoms with Crippen molar-refractivity contribution in [2.24, 2.45) is 0 Å². The zero-order valence-corrected chi connectivity index (χ0v) is 14.1. The van der Waals surface area contributed by atoms with E-state index in [0.29, 0.717) is 6.04 Å². The largest absolute Gasteiger partial charge is 0.316 e. The highest BCUT2D eigenvalue weighted by molar-refractivity contribution is 9.10. The van der Waals surface area contributed by atoms with E-state index in [1.54, 1.807) is 0 Å². The van der Waals surface area contributed by atoms with Gasteiger partial charge >= 0.3 is 0 Å². The van der Waals surface area contributed by atoms with Gasteiger partial charge in [-0.1, -0.05) is 46.3 Å². The van der Waals surface area contributed by atoms with E-state index >= 15 is 0 Å². The minimum atomic E-state index is 0.545. The van der Waals surface area contributed by atoms with Crippen molar-refractivity contribution in [3.05, 3.63) is 64.6 Å². The minimum absolute atomic E-state index is 0.545. The van der Waals surface area contributed by atoms with E-state index in [4.69, 9.17) is 0 Å². The second-order valence-corrected chi connectivity index (χ2v) is 6.78. The molecule has 0 saturated carbocycles. The molecule has 0 saturated heterocycles. The topological polar surface area (TPSA) is 12.0 Å². The van der Waals surface area contributed by atoms with Crippen LogP contribution in [0.4, 0.5) is 0 Å². The molecule has 0 aliphatic heterocycles. The van der Waals surface area contributed by atoms with Crippen molar-refractivity contribution >= 4 is 27.7 Å². The first-order valence-corrected chi connectivity index (χ1v) is 8.65. The Morgan fingerprint density at radius 3 is 2.40 bits per heavy atom. The summed E-state index contributed by atoms with van der Waals surface area (Å²) in [5, 5.41) is 3.42. The van der Waals surface area contributed by atoms with Crippen LogP contribution in [-0.4, -0.2) is 18.8 Å². The Labute approximate surface area is 134 Å². The number of benzene rings is 2. The smallest absolute Gasteiger partial charge is 0.0176 e. The van der Waals surface area contributed by atoms with Gasteiger partial charge < -0.3 is 5.32 Å². The molecule has 0 amide bonds. The number of hydrogen-bond acceptors (Lipinski definition) is 2. The molecular formula is C17H20BrNS. The Morgan fingerprint density at radius 2 is 1.75 bits per heavy atom. The molecule has 106 valence electrons. The third-order valence-corrected chi connectivity index (χ3v) is 5.00. The molecule has 1 atom stereocenters. The third kappa shape index (κ3) is 5.31. The summed E-state index contributed by atoms with van der Waals surface area (Å²) in [6, 6.07) is 19.8. The molecule has 0 bridgehead atoms. The number of rotatable bonds is 7. The summed E-state index contributed by atoms with van der Waals surface area (Å²) in [6.45, 7) is 0. The maximum absolute atomic E-state index is 3.47. The van der Waals surface area contributed by atoms with Gasteiger partial charge in [-0.15, -0.1) is 11.8 Å². The van der Waals surface area contributed by atoms with Crippen LogP contribution in [0.1, 0.15) is 12.0 Å². The average molecular weight is 350 g/mol. The number of hydrogen-bond donors (Lipinski definition) is 1. The molecule has 20 heavy (non-hydrogen) atoms. The van der Waals surface area contributed by atoms with Gasteiger partial charge in [-0.2, -0.15) is 0 Å². The zero-order valence-electron chi connectivity index (χ0n) is 11.7. The van der Waals surface area contributed by atoms with Gasteiger partial charge in [0.05, 0.1) is 0 Å². The van der Waals surface area contributed by atoms with Crippen molar-refractivity contribution in [1.29, 1.82) is 0 Å². The SMILES string of the molecule is CNC(CCc1ccccc1)CSc1ccc(Br)cc1. The second-order valence-electron chi connectivity index (χ2n) is 4.77. The fourth-order valence-electron chi connectivity index (χ4n) is 2.02. The quantitative estimate of drug-likeness (QED) is 0.723. The Balaban J connectivity index is 1.79. The molecule has 2 aromatic rings. The molecule has 0 spiro atoms. The van der Waals surface area contributed by atoms with Gasteiger partial charge in [0, 0.05) is 21.2 Å². The Kier molecular flexibility index (Phi) is 6.64. The van der Waals surface area contributed by atoms with Gasteiger partial charge in [0.15, 0.2) is 0 Å². The van der Waals surface area contributed by atoms with Crippen molar-refractivity contribution in [3.63, 3.8) is 0 Å². The summed E-state index contributed by atoms with van der Waals surface area (Å²) < 4.78 is 1.14.